The maximum absolute atomic E-state index is 12.2. The van der Waals surface area contributed by atoms with Gasteiger partial charge in [0, 0.05) is 29.8 Å². The van der Waals surface area contributed by atoms with Crippen molar-refractivity contribution >= 4 is 33.8 Å². The van der Waals surface area contributed by atoms with E-state index in [-0.39, 0.29) is 27.9 Å². The van der Waals surface area contributed by atoms with E-state index < -0.39 is 15.8 Å². The number of carbonyl (C=O) groups is 1. The fourth-order valence-corrected chi connectivity index (χ4v) is 2.66. The molecule has 11 heteroatoms. The van der Waals surface area contributed by atoms with Gasteiger partial charge in [-0.3, -0.25) is 30.3 Å². The van der Waals surface area contributed by atoms with E-state index in [1.165, 1.54) is 42.5 Å². The van der Waals surface area contributed by atoms with Gasteiger partial charge in [-0.2, -0.15) is 4.98 Å². The van der Waals surface area contributed by atoms with Crippen LogP contribution in [0.25, 0.3) is 0 Å². The second-order valence-electron chi connectivity index (χ2n) is 5.11. The topological polar surface area (TPSA) is 138 Å². The summed E-state index contributed by atoms with van der Waals surface area (Å²) in [6, 6.07) is 10.8. The summed E-state index contributed by atoms with van der Waals surface area (Å²) >= 11 is 1.10. The lowest BCUT2D eigenvalue weighted by Gasteiger charge is -2.02. The van der Waals surface area contributed by atoms with E-state index in [0.29, 0.717) is 5.75 Å². The highest BCUT2D eigenvalue weighted by Crippen LogP contribution is 2.27. The molecule has 27 heavy (non-hydrogen) atoms. The quantitative estimate of drug-likeness (QED) is 0.499. The number of hydrogen-bond donors (Lipinski definition) is 1. The molecule has 0 aliphatic carbocycles. The molecule has 0 saturated heterocycles. The van der Waals surface area contributed by atoms with E-state index in [1.807, 2.05) is 0 Å². The number of benzene rings is 2. The van der Waals surface area contributed by atoms with Crippen LogP contribution in [0.2, 0.25) is 0 Å². The van der Waals surface area contributed by atoms with Crippen molar-refractivity contribution in [3.63, 3.8) is 0 Å². The summed E-state index contributed by atoms with van der Waals surface area (Å²) in [4.78, 5) is 36.6. The van der Waals surface area contributed by atoms with Gasteiger partial charge in [0.05, 0.1) is 15.2 Å². The molecule has 0 aliphatic heterocycles. The van der Waals surface area contributed by atoms with Crippen molar-refractivity contribution in [3.8, 4) is 11.6 Å². The summed E-state index contributed by atoms with van der Waals surface area (Å²) in [5.74, 6) is 0.000548. The van der Waals surface area contributed by atoms with Gasteiger partial charge in [0.15, 0.2) is 5.13 Å². The highest BCUT2D eigenvalue weighted by atomic mass is 32.1. The molecule has 1 amide bonds. The predicted molar refractivity (Wildman–Crippen MR) is 96.3 cm³/mol. The van der Waals surface area contributed by atoms with Gasteiger partial charge in [0.2, 0.25) is 5.88 Å². The Labute approximate surface area is 155 Å². The van der Waals surface area contributed by atoms with Gasteiger partial charge in [-0.1, -0.05) is 6.07 Å². The summed E-state index contributed by atoms with van der Waals surface area (Å²) < 4.78 is 5.47. The zero-order valence-corrected chi connectivity index (χ0v) is 14.2. The molecule has 3 aromatic rings. The molecule has 136 valence electrons. The molecule has 3 rings (SSSR count). The van der Waals surface area contributed by atoms with Crippen LogP contribution in [0.4, 0.5) is 16.5 Å². The molecule has 1 aromatic heterocycles. The minimum atomic E-state index is -0.587. The summed E-state index contributed by atoms with van der Waals surface area (Å²) in [5, 5.41) is 25.7. The Balaban J connectivity index is 1.67. The minimum absolute atomic E-state index is 0.0643. The standard InChI is InChI=1S/C16H10N4O6S/c21-15(10-2-1-3-12(8-10)20(24)25)18-16-17-14(9-27-16)26-13-6-4-11(5-7-13)19(22)23/h1-9H,(H,17,18,21). The zero-order valence-electron chi connectivity index (χ0n) is 13.4. The number of carbonyl (C=O) groups excluding carboxylic acids is 1. The van der Waals surface area contributed by atoms with Gasteiger partial charge in [0.25, 0.3) is 17.3 Å². The maximum Gasteiger partial charge on any atom is 0.270 e. The molecular formula is C16H10N4O6S. The third kappa shape index (κ3) is 4.41. The second-order valence-corrected chi connectivity index (χ2v) is 5.96. The number of nitro benzene ring substituents is 2. The lowest BCUT2D eigenvalue weighted by Crippen LogP contribution is -2.11. The molecule has 1 heterocycles. The van der Waals surface area contributed by atoms with Crippen molar-refractivity contribution in [2.24, 2.45) is 0 Å². The second kappa shape index (κ2) is 7.58. The fourth-order valence-electron chi connectivity index (χ4n) is 2.05. The number of nitro groups is 2. The van der Waals surface area contributed by atoms with E-state index in [4.69, 9.17) is 4.74 Å². The highest BCUT2D eigenvalue weighted by Gasteiger charge is 2.14. The minimum Gasteiger partial charge on any atom is -0.438 e. The predicted octanol–water partition coefficient (Wildman–Crippen LogP) is 4.00. The van der Waals surface area contributed by atoms with Crippen molar-refractivity contribution in [1.82, 2.24) is 4.98 Å². The van der Waals surface area contributed by atoms with E-state index in [0.717, 1.165) is 17.4 Å². The molecule has 10 nitrogen and oxygen atoms in total. The lowest BCUT2D eigenvalue weighted by molar-refractivity contribution is -0.385. The van der Waals surface area contributed by atoms with Gasteiger partial charge >= 0.3 is 0 Å². The summed E-state index contributed by atoms with van der Waals surface area (Å²) in [7, 11) is 0. The number of rotatable bonds is 6. The van der Waals surface area contributed by atoms with Crippen molar-refractivity contribution in [1.29, 1.82) is 0 Å². The average Bonchev–Trinajstić information content (AvgIpc) is 3.09. The van der Waals surface area contributed by atoms with Crippen LogP contribution in [0.5, 0.6) is 11.6 Å². The number of ether oxygens (including phenoxy) is 1. The van der Waals surface area contributed by atoms with E-state index in [2.05, 4.69) is 10.3 Å². The zero-order chi connectivity index (χ0) is 19.4. The Morgan fingerprint density at radius 3 is 2.41 bits per heavy atom. The van der Waals surface area contributed by atoms with Crippen LogP contribution in [0.15, 0.2) is 53.9 Å². The van der Waals surface area contributed by atoms with Crippen LogP contribution in [-0.2, 0) is 0 Å². The van der Waals surface area contributed by atoms with Crippen LogP contribution < -0.4 is 10.1 Å². The van der Waals surface area contributed by atoms with Gasteiger partial charge in [0.1, 0.15) is 5.75 Å². The first-order chi connectivity index (χ1) is 12.9. The number of amides is 1. The number of anilines is 1. The van der Waals surface area contributed by atoms with Crippen molar-refractivity contribution in [2.75, 3.05) is 5.32 Å². The third-order valence-electron chi connectivity index (χ3n) is 3.29. The van der Waals surface area contributed by atoms with Gasteiger partial charge in [-0.25, -0.2) is 0 Å². The van der Waals surface area contributed by atoms with Crippen LogP contribution in [0.1, 0.15) is 10.4 Å². The van der Waals surface area contributed by atoms with Crippen LogP contribution >= 0.6 is 11.3 Å². The number of aromatic nitrogens is 1. The lowest BCUT2D eigenvalue weighted by atomic mass is 10.2. The molecule has 0 bridgehead atoms. The SMILES string of the molecule is O=C(Nc1nc(Oc2ccc([N+](=O)[O-])cc2)cs1)c1cccc([N+](=O)[O-])c1. The molecule has 0 fully saturated rings. The Hall–Kier alpha value is -3.86. The Morgan fingerprint density at radius 2 is 1.74 bits per heavy atom. The van der Waals surface area contributed by atoms with E-state index >= 15 is 0 Å². The molecule has 0 aliphatic rings. The van der Waals surface area contributed by atoms with Gasteiger partial charge < -0.3 is 4.74 Å². The van der Waals surface area contributed by atoms with Crippen molar-refractivity contribution in [3.05, 3.63) is 79.7 Å². The molecule has 1 N–H and O–H groups in total. The van der Waals surface area contributed by atoms with Crippen LogP contribution in [-0.4, -0.2) is 20.7 Å². The largest absolute Gasteiger partial charge is 0.438 e. The van der Waals surface area contributed by atoms with Crippen LogP contribution in [0, 0.1) is 20.2 Å². The molecule has 0 radical (unpaired) electrons. The summed E-state index contributed by atoms with van der Waals surface area (Å²) in [6.07, 6.45) is 0. The number of hydrogen-bond acceptors (Lipinski definition) is 8. The number of nitrogens with one attached hydrogen (secondary N) is 1. The summed E-state index contributed by atoms with van der Waals surface area (Å²) in [6.45, 7) is 0. The average molecular weight is 386 g/mol. The maximum atomic E-state index is 12.2. The Bertz CT molecular complexity index is 1020. The van der Waals surface area contributed by atoms with Crippen molar-refractivity contribution in [2.45, 2.75) is 0 Å². The number of thiazole rings is 1. The molecular weight excluding hydrogens is 376 g/mol. The first kappa shape index (κ1) is 17.9. The van der Waals surface area contributed by atoms with Crippen LogP contribution in [0.3, 0.4) is 0 Å². The molecule has 0 atom stereocenters. The molecule has 0 saturated carbocycles. The fraction of sp³-hybridized carbons (Fsp3) is 0. The molecule has 0 unspecified atom stereocenters. The number of nitrogens with zero attached hydrogens (tertiary/aromatic N) is 3. The monoisotopic (exact) mass is 386 g/mol. The summed E-state index contributed by atoms with van der Waals surface area (Å²) in [5.41, 5.74) is -0.133. The molecule has 2 aromatic carbocycles. The first-order valence-electron chi connectivity index (χ1n) is 7.36. The smallest absolute Gasteiger partial charge is 0.270 e. The first-order valence-corrected chi connectivity index (χ1v) is 8.24. The van der Waals surface area contributed by atoms with E-state index in [9.17, 15) is 25.0 Å². The van der Waals surface area contributed by atoms with Crippen molar-refractivity contribution < 1.29 is 19.4 Å². The van der Waals surface area contributed by atoms with E-state index in [1.54, 1.807) is 5.38 Å². The molecule has 0 spiro atoms. The Kier molecular flexibility index (Phi) is 5.04. The van der Waals surface area contributed by atoms with Gasteiger partial charge in [-0.05, 0) is 18.2 Å². The number of non-ortho nitro benzene ring substituents is 2. The highest BCUT2D eigenvalue weighted by molar-refractivity contribution is 7.14. The normalized spacial score (nSPS) is 10.2. The Morgan fingerprint density at radius 1 is 1.04 bits per heavy atom. The third-order valence-corrected chi connectivity index (χ3v) is 4.03. The van der Waals surface area contributed by atoms with Gasteiger partial charge in [-0.15, -0.1) is 11.3 Å².